The highest BCUT2D eigenvalue weighted by Crippen LogP contribution is 2.39. The van der Waals surface area contributed by atoms with Crippen LogP contribution in [-0.4, -0.2) is 25.7 Å². The van der Waals surface area contributed by atoms with Crippen LogP contribution in [0, 0.1) is 6.92 Å². The summed E-state index contributed by atoms with van der Waals surface area (Å²) < 4.78 is 1.52. The van der Waals surface area contributed by atoms with Gasteiger partial charge in [0.05, 0.1) is 0 Å². The lowest BCUT2D eigenvalue weighted by Gasteiger charge is -2.11. The van der Waals surface area contributed by atoms with Gasteiger partial charge in [0, 0.05) is 17.7 Å². The van der Waals surface area contributed by atoms with Crippen LogP contribution in [-0.2, 0) is 0 Å². The summed E-state index contributed by atoms with van der Waals surface area (Å²) in [5, 5.41) is 4.12. The Bertz CT molecular complexity index is 674. The van der Waals surface area contributed by atoms with E-state index >= 15 is 0 Å². The molecule has 1 amide bonds. The number of nitrogens with two attached hydrogens (primary N) is 2. The number of primary amides is 1. The minimum atomic E-state index is -0.574. The molecule has 0 unspecified atom stereocenters. The number of hydrazine groups is 1. The third kappa shape index (κ3) is 2.10. The number of rotatable bonds is 4. The first-order valence-electron chi connectivity index (χ1n) is 6.31. The van der Waals surface area contributed by atoms with Crippen molar-refractivity contribution >= 4 is 11.7 Å². The topological polar surface area (TPSA) is 125 Å². The number of nitrogen functional groups attached to an aromatic ring is 1. The Morgan fingerprint density at radius 2 is 2.20 bits per heavy atom. The van der Waals surface area contributed by atoms with Crippen molar-refractivity contribution in [3.63, 3.8) is 0 Å². The molecule has 2 aromatic heterocycles. The van der Waals surface area contributed by atoms with Crippen molar-refractivity contribution < 1.29 is 4.79 Å². The van der Waals surface area contributed by atoms with E-state index in [1.807, 2.05) is 6.92 Å². The Morgan fingerprint density at radius 1 is 1.45 bits per heavy atom. The second-order valence-corrected chi connectivity index (χ2v) is 4.81. The van der Waals surface area contributed by atoms with Gasteiger partial charge in [-0.15, -0.1) is 0 Å². The van der Waals surface area contributed by atoms with E-state index < -0.39 is 5.91 Å². The Morgan fingerprint density at radius 3 is 2.75 bits per heavy atom. The number of aromatic nitrogens is 4. The van der Waals surface area contributed by atoms with E-state index in [0.29, 0.717) is 17.6 Å². The number of carbonyl (C=O) groups is 1. The SMILES string of the molecule is Cc1c(NN)nc(C2CC2)nc1-n1ccc(C(N)=O)n1. The summed E-state index contributed by atoms with van der Waals surface area (Å²) >= 11 is 0. The van der Waals surface area contributed by atoms with E-state index in [2.05, 4.69) is 20.5 Å². The summed E-state index contributed by atoms with van der Waals surface area (Å²) in [6.45, 7) is 1.84. The number of amides is 1. The summed E-state index contributed by atoms with van der Waals surface area (Å²) in [4.78, 5) is 20.0. The predicted octanol–water partition coefficient (Wildman–Crippen LogP) is 0.233. The Hall–Kier alpha value is -2.48. The fraction of sp³-hybridized carbons (Fsp3) is 0.333. The summed E-state index contributed by atoms with van der Waals surface area (Å²) in [5.74, 6) is 7.21. The van der Waals surface area contributed by atoms with Gasteiger partial charge in [-0.2, -0.15) is 5.10 Å². The van der Waals surface area contributed by atoms with Crippen LogP contribution in [0.1, 0.15) is 40.6 Å². The molecule has 5 N–H and O–H groups in total. The van der Waals surface area contributed by atoms with Crippen molar-refractivity contribution in [1.29, 1.82) is 0 Å². The standard InChI is InChI=1S/C12H15N7O/c1-6-10(17-14)15-11(7-2-3-7)16-12(6)19-5-4-8(18-19)9(13)20/h4-5,7H,2-3,14H2,1H3,(H2,13,20)(H,15,16,17). The number of anilines is 1. The highest BCUT2D eigenvalue weighted by molar-refractivity contribution is 5.90. The smallest absolute Gasteiger partial charge is 0.269 e. The van der Waals surface area contributed by atoms with Gasteiger partial charge in [0.15, 0.2) is 5.82 Å². The predicted molar refractivity (Wildman–Crippen MR) is 72.2 cm³/mol. The van der Waals surface area contributed by atoms with Gasteiger partial charge < -0.3 is 11.2 Å². The van der Waals surface area contributed by atoms with E-state index in [1.54, 1.807) is 12.3 Å². The maximum absolute atomic E-state index is 11.1. The molecule has 20 heavy (non-hydrogen) atoms. The van der Waals surface area contributed by atoms with Crippen LogP contribution >= 0.6 is 0 Å². The molecule has 2 aromatic rings. The molecule has 8 heteroatoms. The average molecular weight is 273 g/mol. The molecule has 0 bridgehead atoms. The zero-order chi connectivity index (χ0) is 14.3. The van der Waals surface area contributed by atoms with E-state index in [9.17, 15) is 4.79 Å². The first kappa shape index (κ1) is 12.5. The van der Waals surface area contributed by atoms with Gasteiger partial charge >= 0.3 is 0 Å². The first-order chi connectivity index (χ1) is 9.60. The van der Waals surface area contributed by atoms with Crippen LogP contribution in [0.5, 0.6) is 0 Å². The van der Waals surface area contributed by atoms with Crippen LogP contribution in [0.2, 0.25) is 0 Å². The van der Waals surface area contributed by atoms with Gasteiger partial charge in [-0.3, -0.25) is 4.79 Å². The molecule has 1 fully saturated rings. The number of nitrogens with one attached hydrogen (secondary N) is 1. The molecule has 0 aliphatic heterocycles. The van der Waals surface area contributed by atoms with Crippen molar-refractivity contribution in [3.05, 3.63) is 29.3 Å². The minimum absolute atomic E-state index is 0.193. The van der Waals surface area contributed by atoms with Crippen LogP contribution in [0.15, 0.2) is 12.3 Å². The van der Waals surface area contributed by atoms with E-state index in [4.69, 9.17) is 11.6 Å². The normalized spacial score (nSPS) is 14.3. The molecule has 0 atom stereocenters. The Balaban J connectivity index is 2.10. The van der Waals surface area contributed by atoms with Gasteiger partial charge in [0.25, 0.3) is 5.91 Å². The minimum Gasteiger partial charge on any atom is -0.364 e. The molecule has 3 rings (SSSR count). The fourth-order valence-corrected chi connectivity index (χ4v) is 1.98. The second-order valence-electron chi connectivity index (χ2n) is 4.81. The average Bonchev–Trinajstić information content (AvgIpc) is 3.16. The molecule has 0 spiro atoms. The first-order valence-corrected chi connectivity index (χ1v) is 6.31. The van der Waals surface area contributed by atoms with Gasteiger partial charge in [-0.1, -0.05) is 0 Å². The summed E-state index contributed by atoms with van der Waals surface area (Å²) in [6, 6.07) is 1.55. The molecule has 1 aliphatic carbocycles. The van der Waals surface area contributed by atoms with Crippen molar-refractivity contribution in [2.75, 3.05) is 5.43 Å². The Labute approximate surface area is 115 Å². The monoisotopic (exact) mass is 273 g/mol. The lowest BCUT2D eigenvalue weighted by atomic mass is 10.3. The molecule has 2 heterocycles. The van der Waals surface area contributed by atoms with Gasteiger partial charge in [-0.05, 0) is 25.8 Å². The number of hydrogen-bond acceptors (Lipinski definition) is 6. The molecular weight excluding hydrogens is 258 g/mol. The van der Waals surface area contributed by atoms with Crippen molar-refractivity contribution in [1.82, 2.24) is 19.7 Å². The quantitative estimate of drug-likeness (QED) is 0.541. The van der Waals surface area contributed by atoms with Crippen molar-refractivity contribution in [3.8, 4) is 5.82 Å². The fourth-order valence-electron chi connectivity index (χ4n) is 1.98. The Kier molecular flexibility index (Phi) is 2.87. The van der Waals surface area contributed by atoms with E-state index in [0.717, 1.165) is 24.2 Å². The third-order valence-corrected chi connectivity index (χ3v) is 3.28. The van der Waals surface area contributed by atoms with Crippen molar-refractivity contribution in [2.45, 2.75) is 25.7 Å². The second kappa shape index (κ2) is 4.57. The number of nitrogens with zero attached hydrogens (tertiary/aromatic N) is 4. The highest BCUT2D eigenvalue weighted by atomic mass is 16.1. The maximum Gasteiger partial charge on any atom is 0.269 e. The van der Waals surface area contributed by atoms with Crippen LogP contribution in [0.25, 0.3) is 5.82 Å². The van der Waals surface area contributed by atoms with E-state index in [1.165, 1.54) is 4.68 Å². The largest absolute Gasteiger partial charge is 0.364 e. The molecule has 0 radical (unpaired) electrons. The maximum atomic E-state index is 11.1. The summed E-state index contributed by atoms with van der Waals surface area (Å²) in [7, 11) is 0. The molecule has 104 valence electrons. The molecule has 1 saturated carbocycles. The number of carbonyl (C=O) groups excluding carboxylic acids is 1. The molecule has 0 saturated heterocycles. The third-order valence-electron chi connectivity index (χ3n) is 3.28. The van der Waals surface area contributed by atoms with Crippen LogP contribution in [0.3, 0.4) is 0 Å². The highest BCUT2D eigenvalue weighted by Gasteiger charge is 2.28. The van der Waals surface area contributed by atoms with Gasteiger partial charge in [-0.25, -0.2) is 20.5 Å². The zero-order valence-corrected chi connectivity index (χ0v) is 11.0. The lowest BCUT2D eigenvalue weighted by Crippen LogP contribution is -2.16. The number of hydrogen-bond donors (Lipinski definition) is 3. The summed E-state index contributed by atoms with van der Waals surface area (Å²) in [6.07, 6.45) is 3.81. The van der Waals surface area contributed by atoms with Crippen LogP contribution in [0.4, 0.5) is 5.82 Å². The molecule has 1 aliphatic rings. The molecule has 8 nitrogen and oxygen atoms in total. The van der Waals surface area contributed by atoms with Crippen LogP contribution < -0.4 is 17.0 Å². The zero-order valence-electron chi connectivity index (χ0n) is 11.0. The lowest BCUT2D eigenvalue weighted by molar-refractivity contribution is 0.0995. The molecular formula is C12H15N7O. The summed E-state index contributed by atoms with van der Waals surface area (Å²) in [5.41, 5.74) is 8.73. The van der Waals surface area contributed by atoms with Crippen molar-refractivity contribution in [2.24, 2.45) is 11.6 Å². The van der Waals surface area contributed by atoms with Gasteiger partial charge in [0.2, 0.25) is 0 Å². The van der Waals surface area contributed by atoms with E-state index in [-0.39, 0.29) is 5.69 Å². The molecule has 0 aromatic carbocycles. The van der Waals surface area contributed by atoms with Gasteiger partial charge in [0.1, 0.15) is 17.3 Å².